The van der Waals surface area contributed by atoms with Crippen LogP contribution in [-0.2, 0) is 16.0 Å². The number of rotatable bonds is 16. The lowest BCUT2D eigenvalue weighted by Gasteiger charge is -2.13. The first kappa shape index (κ1) is 28.8. The lowest BCUT2D eigenvalue weighted by molar-refractivity contribution is 0.0511. The van der Waals surface area contributed by atoms with Crippen LogP contribution < -0.4 is 27.0 Å². The maximum atomic E-state index is 12.6. The molecule has 1 amide bonds. The van der Waals surface area contributed by atoms with Crippen LogP contribution in [0, 0.1) is 6.92 Å². The predicted octanol–water partition coefficient (Wildman–Crippen LogP) is 3.08. The Morgan fingerprint density at radius 1 is 0.921 bits per heavy atom. The van der Waals surface area contributed by atoms with Crippen LogP contribution >= 0.6 is 0 Å². The second-order valence-corrected chi connectivity index (χ2v) is 8.92. The van der Waals surface area contributed by atoms with Crippen molar-refractivity contribution in [3.05, 3.63) is 65.2 Å². The minimum atomic E-state index is -0.199. The first-order chi connectivity index (χ1) is 18.4. The average molecular weight is 523 g/mol. The number of aromatic nitrogens is 3. The summed E-state index contributed by atoms with van der Waals surface area (Å²) >= 11 is 0. The fraction of sp³-hybridized carbons (Fsp3) is 0.407. The minimum absolute atomic E-state index is 0.143. The van der Waals surface area contributed by atoms with Gasteiger partial charge in [-0.3, -0.25) is 4.79 Å². The molecular formula is C27H38N8O3. The van der Waals surface area contributed by atoms with Gasteiger partial charge in [0.2, 0.25) is 17.8 Å². The van der Waals surface area contributed by atoms with Crippen molar-refractivity contribution >= 4 is 29.4 Å². The number of hydrogen-bond acceptors (Lipinski definition) is 10. The molecule has 1 aromatic heterocycles. The molecule has 0 aliphatic carbocycles. The fourth-order valence-electron chi connectivity index (χ4n) is 3.33. The van der Waals surface area contributed by atoms with Crippen LogP contribution in [0.15, 0.2) is 48.5 Å². The zero-order chi connectivity index (χ0) is 27.2. The Morgan fingerprint density at radius 2 is 1.63 bits per heavy atom. The molecule has 0 unspecified atom stereocenters. The lowest BCUT2D eigenvalue weighted by atomic mass is 10.1. The van der Waals surface area contributed by atoms with Gasteiger partial charge in [0.05, 0.1) is 26.4 Å². The maximum absolute atomic E-state index is 12.6. The molecule has 0 radical (unpaired) electrons. The van der Waals surface area contributed by atoms with Gasteiger partial charge in [-0.15, -0.1) is 0 Å². The smallest absolute Gasteiger partial charge is 0.251 e. The van der Waals surface area contributed by atoms with E-state index in [0.29, 0.717) is 75.2 Å². The number of ether oxygens (including phenoxy) is 2. The van der Waals surface area contributed by atoms with E-state index in [1.807, 2.05) is 19.9 Å². The van der Waals surface area contributed by atoms with E-state index in [-0.39, 0.29) is 11.9 Å². The highest BCUT2D eigenvalue weighted by Crippen LogP contribution is 2.18. The van der Waals surface area contributed by atoms with Crippen LogP contribution in [0.5, 0.6) is 0 Å². The van der Waals surface area contributed by atoms with E-state index in [4.69, 9.17) is 15.2 Å². The number of hydrogen-bond donors (Lipinski definition) is 5. The van der Waals surface area contributed by atoms with Gasteiger partial charge >= 0.3 is 0 Å². The van der Waals surface area contributed by atoms with Crippen LogP contribution in [-0.4, -0.2) is 66.4 Å². The summed E-state index contributed by atoms with van der Waals surface area (Å²) in [6.07, 6.45) is 0. The highest BCUT2D eigenvalue weighted by Gasteiger charge is 2.10. The summed E-state index contributed by atoms with van der Waals surface area (Å²) in [5.41, 5.74) is 8.88. The minimum Gasteiger partial charge on any atom is -0.378 e. The molecule has 0 aliphatic rings. The summed E-state index contributed by atoms with van der Waals surface area (Å²) in [6, 6.07) is 15.6. The number of anilines is 4. The van der Waals surface area contributed by atoms with Gasteiger partial charge in [-0.25, -0.2) is 0 Å². The number of carbonyl (C=O) groups is 1. The van der Waals surface area contributed by atoms with E-state index in [2.05, 4.69) is 67.4 Å². The molecule has 6 N–H and O–H groups in total. The van der Waals surface area contributed by atoms with Gasteiger partial charge in [-0.1, -0.05) is 35.9 Å². The molecule has 2 aromatic carbocycles. The van der Waals surface area contributed by atoms with E-state index >= 15 is 0 Å². The Bertz CT molecular complexity index is 1140. The highest BCUT2D eigenvalue weighted by atomic mass is 16.5. The van der Waals surface area contributed by atoms with Gasteiger partial charge in [0.15, 0.2) is 0 Å². The second kappa shape index (κ2) is 15.5. The van der Waals surface area contributed by atoms with Crippen LogP contribution in [0.25, 0.3) is 0 Å². The third kappa shape index (κ3) is 10.3. The first-order valence-electron chi connectivity index (χ1n) is 12.8. The number of aryl methyl sites for hydroxylation is 1. The van der Waals surface area contributed by atoms with Gasteiger partial charge in [0.1, 0.15) is 0 Å². The SMILES string of the molecule is Cc1ccc(CNc2nc(Nc3cccc(C(=O)NCCOCCOCCN)c3)nc(NC(C)C)n2)cc1. The summed E-state index contributed by atoms with van der Waals surface area (Å²) in [7, 11) is 0. The van der Waals surface area contributed by atoms with E-state index in [9.17, 15) is 4.79 Å². The standard InChI is InChI=1S/C27H38N8O3/c1-19(2)31-26-33-25(30-18-21-9-7-20(3)8-10-21)34-27(35-26)32-23-6-4-5-22(17-23)24(36)29-12-14-38-16-15-37-13-11-28/h4-10,17,19H,11-16,18,28H2,1-3H3,(H,29,36)(H3,30,31,32,33,34,35). The van der Waals surface area contributed by atoms with Crippen molar-refractivity contribution in [1.29, 1.82) is 0 Å². The molecule has 38 heavy (non-hydrogen) atoms. The molecule has 0 aliphatic heterocycles. The maximum Gasteiger partial charge on any atom is 0.251 e. The van der Waals surface area contributed by atoms with Crippen LogP contribution in [0.4, 0.5) is 23.5 Å². The van der Waals surface area contributed by atoms with Crippen molar-refractivity contribution in [2.45, 2.75) is 33.4 Å². The van der Waals surface area contributed by atoms with Crippen molar-refractivity contribution in [1.82, 2.24) is 20.3 Å². The summed E-state index contributed by atoms with van der Waals surface area (Å²) in [6.45, 7) is 9.37. The molecule has 0 atom stereocenters. The molecule has 11 nitrogen and oxygen atoms in total. The molecule has 0 fully saturated rings. The predicted molar refractivity (Wildman–Crippen MR) is 150 cm³/mol. The van der Waals surface area contributed by atoms with E-state index in [1.165, 1.54) is 5.56 Å². The third-order valence-corrected chi connectivity index (χ3v) is 5.17. The average Bonchev–Trinajstić information content (AvgIpc) is 2.89. The summed E-state index contributed by atoms with van der Waals surface area (Å²) < 4.78 is 10.7. The molecular weight excluding hydrogens is 484 g/mol. The number of nitrogens with two attached hydrogens (primary N) is 1. The molecule has 11 heteroatoms. The third-order valence-electron chi connectivity index (χ3n) is 5.17. The Labute approximate surface area is 224 Å². The topological polar surface area (TPSA) is 148 Å². The molecule has 3 rings (SSSR count). The Balaban J connectivity index is 1.59. The summed E-state index contributed by atoms with van der Waals surface area (Å²) in [5, 5.41) is 12.5. The van der Waals surface area contributed by atoms with Crippen LogP contribution in [0.2, 0.25) is 0 Å². The van der Waals surface area contributed by atoms with Gasteiger partial charge in [0.25, 0.3) is 5.91 Å². The Kier molecular flexibility index (Phi) is 11.7. The lowest BCUT2D eigenvalue weighted by Crippen LogP contribution is -2.27. The van der Waals surface area contributed by atoms with Gasteiger partial charge < -0.3 is 36.5 Å². The normalized spacial score (nSPS) is 10.9. The van der Waals surface area contributed by atoms with Crippen LogP contribution in [0.3, 0.4) is 0 Å². The van der Waals surface area contributed by atoms with Crippen molar-refractivity contribution in [2.75, 3.05) is 55.5 Å². The quantitative estimate of drug-likeness (QED) is 0.178. The number of benzene rings is 2. The Hall–Kier alpha value is -3.80. The van der Waals surface area contributed by atoms with Crippen molar-refractivity contribution in [3.8, 4) is 0 Å². The number of nitrogens with one attached hydrogen (secondary N) is 4. The molecule has 204 valence electrons. The van der Waals surface area contributed by atoms with Crippen molar-refractivity contribution < 1.29 is 14.3 Å². The Morgan fingerprint density at radius 3 is 2.37 bits per heavy atom. The van der Waals surface area contributed by atoms with Crippen LogP contribution in [0.1, 0.15) is 35.3 Å². The van der Waals surface area contributed by atoms with Gasteiger partial charge in [-0.05, 0) is 44.5 Å². The molecule has 1 heterocycles. The number of nitrogens with zero attached hydrogens (tertiary/aromatic N) is 3. The van der Waals surface area contributed by atoms with Crippen molar-refractivity contribution in [2.24, 2.45) is 5.73 Å². The number of amides is 1. The summed E-state index contributed by atoms with van der Waals surface area (Å²) in [4.78, 5) is 26.1. The summed E-state index contributed by atoms with van der Waals surface area (Å²) in [5.74, 6) is 1.05. The monoisotopic (exact) mass is 522 g/mol. The number of carbonyl (C=O) groups excluding carboxylic acids is 1. The molecule has 0 saturated carbocycles. The van der Waals surface area contributed by atoms with E-state index in [0.717, 1.165) is 5.56 Å². The first-order valence-corrected chi connectivity index (χ1v) is 12.8. The second-order valence-electron chi connectivity index (χ2n) is 8.92. The molecule has 0 saturated heterocycles. The van der Waals surface area contributed by atoms with Gasteiger partial charge in [-0.2, -0.15) is 15.0 Å². The van der Waals surface area contributed by atoms with E-state index in [1.54, 1.807) is 18.2 Å². The zero-order valence-electron chi connectivity index (χ0n) is 22.3. The zero-order valence-corrected chi connectivity index (χ0v) is 22.3. The molecule has 0 bridgehead atoms. The largest absolute Gasteiger partial charge is 0.378 e. The van der Waals surface area contributed by atoms with Gasteiger partial charge in [0, 0.05) is 36.9 Å². The highest BCUT2D eigenvalue weighted by molar-refractivity contribution is 5.95. The van der Waals surface area contributed by atoms with E-state index < -0.39 is 0 Å². The molecule has 0 spiro atoms. The fourth-order valence-corrected chi connectivity index (χ4v) is 3.33. The van der Waals surface area contributed by atoms with Crippen molar-refractivity contribution in [3.63, 3.8) is 0 Å². The molecule has 3 aromatic rings.